The predicted molar refractivity (Wildman–Crippen MR) is 154 cm³/mol. The van der Waals surface area contributed by atoms with Crippen molar-refractivity contribution < 1.29 is 24.9 Å². The molecule has 0 radical (unpaired) electrons. The van der Waals surface area contributed by atoms with Crippen molar-refractivity contribution in [2.75, 3.05) is 13.2 Å². The number of allylic oxidation sites excluding steroid dienone is 2. The molecule has 7 rings (SSSR count). The van der Waals surface area contributed by atoms with E-state index in [0.717, 1.165) is 64.2 Å². The Kier molecular flexibility index (Phi) is 5.70. The molecular formula is C35H54O5. The van der Waals surface area contributed by atoms with Crippen molar-refractivity contribution in [1.82, 2.24) is 0 Å². The smallest absolute Gasteiger partial charge is 0.309 e. The van der Waals surface area contributed by atoms with E-state index in [1.165, 1.54) is 12.8 Å². The van der Waals surface area contributed by atoms with Crippen molar-refractivity contribution in [3.05, 3.63) is 12.2 Å². The Bertz CT molecular complexity index is 1130. The van der Waals surface area contributed by atoms with Gasteiger partial charge in [0.1, 0.15) is 0 Å². The number of aliphatic hydroxyl groups excluding tert-OH is 1. The molecule has 0 aromatic carbocycles. The molecule has 0 amide bonds. The largest absolute Gasteiger partial charge is 0.481 e. The molecule has 6 fully saturated rings. The number of hydrogen-bond acceptors (Lipinski definition) is 4. The summed E-state index contributed by atoms with van der Waals surface area (Å²) in [5.41, 5.74) is -0.712. The van der Waals surface area contributed by atoms with Crippen LogP contribution >= 0.6 is 0 Å². The van der Waals surface area contributed by atoms with E-state index in [1.807, 2.05) is 6.92 Å². The average molecular weight is 555 g/mol. The first-order chi connectivity index (χ1) is 18.8. The van der Waals surface area contributed by atoms with Gasteiger partial charge in [0.15, 0.2) is 5.79 Å². The molecule has 3 N–H and O–H groups in total. The van der Waals surface area contributed by atoms with E-state index in [2.05, 4.69) is 39.8 Å². The monoisotopic (exact) mass is 554 g/mol. The number of carbonyl (C=O) groups is 1. The first-order valence-electron chi connectivity index (χ1n) is 16.6. The van der Waals surface area contributed by atoms with Gasteiger partial charge in [0.25, 0.3) is 0 Å². The Morgan fingerprint density at radius 2 is 1.62 bits per heavy atom. The SMILES string of the molecule is CCC[C@@H]1[C@]23CC[C@H]4[C@@]5(CC=C[C@@H](C[C@]1(O)OC2)[C@]35CO)CC[C@@]1(C)[C@@H]2C[C@](C)(C(=O)O)CC[C@]2(C)CC[C@]41C. The van der Waals surface area contributed by atoms with E-state index < -0.39 is 17.2 Å². The van der Waals surface area contributed by atoms with Gasteiger partial charge in [-0.1, -0.05) is 46.3 Å². The predicted octanol–water partition coefficient (Wildman–Crippen LogP) is 6.96. The van der Waals surface area contributed by atoms with Crippen LogP contribution in [0.4, 0.5) is 0 Å². The van der Waals surface area contributed by atoms with Crippen molar-refractivity contribution in [3.8, 4) is 0 Å². The average Bonchev–Trinajstić information content (AvgIpc) is 3.11. The maximum absolute atomic E-state index is 12.5. The van der Waals surface area contributed by atoms with Crippen molar-refractivity contribution in [1.29, 1.82) is 0 Å². The Morgan fingerprint density at radius 3 is 2.33 bits per heavy atom. The minimum atomic E-state index is -1.07. The Labute approximate surface area is 241 Å². The normalized spacial score (nSPS) is 59.8. The minimum Gasteiger partial charge on any atom is -0.481 e. The van der Waals surface area contributed by atoms with Crippen LogP contribution in [0.15, 0.2) is 12.2 Å². The lowest BCUT2D eigenvalue weighted by Crippen LogP contribution is -2.76. The molecule has 5 nitrogen and oxygen atoms in total. The number of aliphatic hydroxyl groups is 2. The zero-order valence-electron chi connectivity index (χ0n) is 25.7. The molecule has 7 aliphatic rings. The molecule has 2 bridgehead atoms. The maximum Gasteiger partial charge on any atom is 0.309 e. The van der Waals surface area contributed by atoms with E-state index in [0.29, 0.717) is 24.9 Å². The zero-order valence-corrected chi connectivity index (χ0v) is 25.7. The van der Waals surface area contributed by atoms with Crippen molar-refractivity contribution in [2.24, 2.45) is 61.6 Å². The number of rotatable bonds is 4. The van der Waals surface area contributed by atoms with E-state index in [4.69, 9.17) is 4.74 Å². The van der Waals surface area contributed by atoms with Crippen LogP contribution in [-0.2, 0) is 9.53 Å². The van der Waals surface area contributed by atoms with Gasteiger partial charge in [-0.3, -0.25) is 4.79 Å². The van der Waals surface area contributed by atoms with Crippen LogP contribution in [0.25, 0.3) is 0 Å². The van der Waals surface area contributed by atoms with Gasteiger partial charge in [-0.25, -0.2) is 0 Å². The number of aliphatic carboxylic acids is 1. The maximum atomic E-state index is 12.5. The number of carboxylic acid groups (broad SMARTS) is 1. The molecule has 224 valence electrons. The minimum absolute atomic E-state index is 0.00674. The first kappa shape index (κ1) is 27.9. The molecule has 0 unspecified atom stereocenters. The number of carboxylic acids is 1. The van der Waals surface area contributed by atoms with Gasteiger partial charge in [-0.15, -0.1) is 0 Å². The Morgan fingerprint density at radius 1 is 0.925 bits per heavy atom. The third-order valence-electron chi connectivity index (χ3n) is 16.3. The molecule has 40 heavy (non-hydrogen) atoms. The van der Waals surface area contributed by atoms with Crippen LogP contribution in [0.1, 0.15) is 118 Å². The van der Waals surface area contributed by atoms with Gasteiger partial charge in [-0.2, -0.15) is 0 Å². The van der Waals surface area contributed by atoms with Crippen LogP contribution in [0.3, 0.4) is 0 Å². The molecule has 12 atom stereocenters. The lowest BCUT2D eigenvalue weighted by Gasteiger charge is -2.79. The molecule has 2 spiro atoms. The van der Waals surface area contributed by atoms with Crippen molar-refractivity contribution >= 4 is 5.97 Å². The van der Waals surface area contributed by atoms with Crippen molar-refractivity contribution in [3.63, 3.8) is 0 Å². The summed E-state index contributed by atoms with van der Waals surface area (Å²) in [7, 11) is 0. The van der Waals surface area contributed by atoms with Crippen LogP contribution < -0.4 is 0 Å². The summed E-state index contributed by atoms with van der Waals surface area (Å²) in [6.07, 6.45) is 17.7. The molecule has 6 aliphatic carbocycles. The molecule has 5 heteroatoms. The first-order valence-corrected chi connectivity index (χ1v) is 16.6. The topological polar surface area (TPSA) is 87.0 Å². The fourth-order valence-electron chi connectivity index (χ4n) is 14.1. The van der Waals surface area contributed by atoms with Crippen molar-refractivity contribution in [2.45, 2.75) is 124 Å². The highest BCUT2D eigenvalue weighted by molar-refractivity contribution is 5.74. The standard InChI is InChI=1S/C35H54O5/c1-6-8-25-33-12-10-24-30(4)16-15-28(2)13-14-29(3,27(37)38)20-26(28)31(30,5)17-18-32(24)11-7-9-23(34(32,33)21-36)19-35(25,39)40-22-33/h7,9,23-26,36,39H,6,8,10-22H2,1-5H3,(H,37,38)/t23-,24+,25+,26+,28+,29+,30+,31-,32+,33-,34-,35-/m0/s1. The summed E-state index contributed by atoms with van der Waals surface area (Å²) in [4.78, 5) is 12.5. The number of ether oxygens (including phenoxy) is 1. The van der Waals surface area contributed by atoms with Crippen LogP contribution in [0.5, 0.6) is 0 Å². The second kappa shape index (κ2) is 8.17. The summed E-state index contributed by atoms with van der Waals surface area (Å²) in [6.45, 7) is 12.6. The lowest BCUT2D eigenvalue weighted by atomic mass is 9.24. The third kappa shape index (κ3) is 2.81. The summed E-state index contributed by atoms with van der Waals surface area (Å²) >= 11 is 0. The van der Waals surface area contributed by atoms with Crippen LogP contribution in [-0.4, -0.2) is 40.3 Å². The summed E-state index contributed by atoms with van der Waals surface area (Å²) in [5.74, 6) is -0.571. The molecule has 1 heterocycles. The molecule has 0 aromatic heterocycles. The summed E-state index contributed by atoms with van der Waals surface area (Å²) in [6, 6.07) is 0. The van der Waals surface area contributed by atoms with Gasteiger partial charge >= 0.3 is 5.97 Å². The van der Waals surface area contributed by atoms with E-state index >= 15 is 0 Å². The van der Waals surface area contributed by atoms with Crippen LogP contribution in [0.2, 0.25) is 0 Å². The second-order valence-corrected chi connectivity index (χ2v) is 17.1. The van der Waals surface area contributed by atoms with E-state index in [1.54, 1.807) is 0 Å². The fourth-order valence-corrected chi connectivity index (χ4v) is 14.1. The highest BCUT2D eigenvalue weighted by Gasteiger charge is 2.82. The Hall–Kier alpha value is -0.910. The molecule has 0 aromatic rings. The quantitative estimate of drug-likeness (QED) is 0.327. The van der Waals surface area contributed by atoms with Crippen LogP contribution in [0, 0.1) is 61.6 Å². The second-order valence-electron chi connectivity index (χ2n) is 17.1. The highest BCUT2D eigenvalue weighted by atomic mass is 16.6. The lowest BCUT2D eigenvalue weighted by molar-refractivity contribution is -0.326. The fraction of sp³-hybridized carbons (Fsp3) is 0.914. The van der Waals surface area contributed by atoms with Gasteiger partial charge in [0.2, 0.25) is 0 Å². The van der Waals surface area contributed by atoms with Gasteiger partial charge in [0, 0.05) is 23.2 Å². The summed E-state index contributed by atoms with van der Waals surface area (Å²) < 4.78 is 6.44. The summed E-state index contributed by atoms with van der Waals surface area (Å²) in [5, 5.41) is 34.0. The molecule has 1 aliphatic heterocycles. The Balaban J connectivity index is 1.37. The van der Waals surface area contributed by atoms with E-state index in [9.17, 15) is 20.1 Å². The van der Waals surface area contributed by atoms with E-state index in [-0.39, 0.29) is 50.9 Å². The van der Waals surface area contributed by atoms with Gasteiger partial charge in [-0.05, 0) is 117 Å². The highest BCUT2D eigenvalue weighted by Crippen LogP contribution is 2.85. The van der Waals surface area contributed by atoms with Gasteiger partial charge in [0.05, 0.1) is 18.6 Å². The molecular weight excluding hydrogens is 500 g/mol. The third-order valence-corrected chi connectivity index (χ3v) is 16.3. The molecule has 1 saturated heterocycles. The molecule has 5 saturated carbocycles. The van der Waals surface area contributed by atoms with Gasteiger partial charge < -0.3 is 20.1 Å². The zero-order chi connectivity index (χ0) is 28.6. The number of fused-ring (bicyclic) bond motifs is 5. The number of hydrogen-bond donors (Lipinski definition) is 3.